The lowest BCUT2D eigenvalue weighted by Crippen LogP contribution is -2.26. The molecule has 1 aliphatic carbocycles. The Morgan fingerprint density at radius 3 is 2.18 bits per heavy atom. The molecular weight excluding hydrogens is 195 g/mol. The molecule has 0 aromatic carbocycles. The second kappa shape index (κ2) is 3.97. The lowest BCUT2D eigenvalue weighted by atomic mass is 10.0. The van der Waals surface area contributed by atoms with Crippen LogP contribution in [0, 0.1) is 0 Å². The van der Waals surface area contributed by atoms with Crippen molar-refractivity contribution in [2.45, 2.75) is 37.6 Å². The molecule has 0 heterocycles. The van der Waals surface area contributed by atoms with Crippen LogP contribution in [0.5, 0.6) is 0 Å². The van der Waals surface area contributed by atoms with Gasteiger partial charge in [-0.05, 0) is 5.54 Å². The Labute approximate surface area is 79.0 Å². The molecule has 0 spiro atoms. The van der Waals surface area contributed by atoms with E-state index in [1.807, 2.05) is 0 Å². The molecule has 64 valence electrons. The van der Waals surface area contributed by atoms with Crippen LogP contribution in [0.25, 0.3) is 0 Å². The van der Waals surface area contributed by atoms with Gasteiger partial charge in [-0.2, -0.15) is 0 Å². The molecule has 1 aliphatic rings. The topological polar surface area (TPSA) is 0 Å². The summed E-state index contributed by atoms with van der Waals surface area (Å²) in [6, 6.07) is 0. The molecule has 0 aromatic heterocycles. The number of hydrogen-bond acceptors (Lipinski definition) is 0. The smallest absolute Gasteiger partial charge is 0.140 e. The van der Waals surface area contributed by atoms with Crippen molar-refractivity contribution in [2.75, 3.05) is 0 Å². The molecule has 1 saturated carbocycles. The summed E-state index contributed by atoms with van der Waals surface area (Å²) in [5.41, 5.74) is 2.36. The molecule has 11 heavy (non-hydrogen) atoms. The SMILES string of the molecule is C=C[Si](Cl)(Cl)C1CCCCC1. The average molecular weight is 209 g/mol. The first kappa shape index (κ1) is 9.62. The third kappa shape index (κ3) is 2.50. The number of halogens is 2. The molecule has 0 amide bonds. The van der Waals surface area contributed by atoms with Crippen molar-refractivity contribution in [3.8, 4) is 0 Å². The molecule has 1 fully saturated rings. The molecule has 0 nitrogen and oxygen atoms in total. The van der Waals surface area contributed by atoms with E-state index in [0.29, 0.717) is 5.54 Å². The molecule has 3 heteroatoms. The van der Waals surface area contributed by atoms with Gasteiger partial charge in [0, 0.05) is 0 Å². The molecule has 0 saturated heterocycles. The summed E-state index contributed by atoms with van der Waals surface area (Å²) >= 11 is 12.4. The van der Waals surface area contributed by atoms with E-state index in [4.69, 9.17) is 22.2 Å². The zero-order valence-corrected chi connectivity index (χ0v) is 9.17. The van der Waals surface area contributed by atoms with Crippen molar-refractivity contribution in [2.24, 2.45) is 0 Å². The van der Waals surface area contributed by atoms with Gasteiger partial charge in [0.1, 0.15) is 0 Å². The first-order valence-electron chi connectivity index (χ1n) is 4.18. The van der Waals surface area contributed by atoms with Crippen LogP contribution in [0.15, 0.2) is 12.3 Å². The molecule has 0 aromatic rings. The average Bonchev–Trinajstić information content (AvgIpc) is 2.06. The van der Waals surface area contributed by atoms with Crippen LogP contribution in [-0.2, 0) is 0 Å². The standard InChI is InChI=1S/C8H14Cl2Si/c1-2-11(9,10)8-6-4-3-5-7-8/h2,8H,1,3-7H2. The van der Waals surface area contributed by atoms with Gasteiger partial charge in [0.15, 0.2) is 0 Å². The van der Waals surface area contributed by atoms with Crippen molar-refractivity contribution in [3.63, 3.8) is 0 Å². The molecule has 0 unspecified atom stereocenters. The fourth-order valence-corrected chi connectivity index (χ4v) is 4.47. The summed E-state index contributed by atoms with van der Waals surface area (Å²) in [7, 11) is 0. The molecule has 0 N–H and O–H groups in total. The Morgan fingerprint density at radius 1 is 1.18 bits per heavy atom. The highest BCUT2D eigenvalue weighted by molar-refractivity contribution is 7.48. The normalized spacial score (nSPS) is 21.6. The van der Waals surface area contributed by atoms with E-state index in [1.165, 1.54) is 32.1 Å². The van der Waals surface area contributed by atoms with E-state index in [0.717, 1.165) is 0 Å². The van der Waals surface area contributed by atoms with Gasteiger partial charge in [0.2, 0.25) is 0 Å². The van der Waals surface area contributed by atoms with Gasteiger partial charge in [-0.1, -0.05) is 37.8 Å². The van der Waals surface area contributed by atoms with Crippen LogP contribution >= 0.6 is 22.2 Å². The fourth-order valence-electron chi connectivity index (χ4n) is 1.65. The van der Waals surface area contributed by atoms with Gasteiger partial charge in [-0.15, -0.1) is 28.7 Å². The lowest BCUT2D eigenvalue weighted by molar-refractivity contribution is 0.499. The second-order valence-corrected chi connectivity index (χ2v) is 10.1. The van der Waals surface area contributed by atoms with E-state index >= 15 is 0 Å². The zero-order valence-electron chi connectivity index (χ0n) is 6.65. The van der Waals surface area contributed by atoms with Crippen LogP contribution < -0.4 is 0 Å². The van der Waals surface area contributed by atoms with Gasteiger partial charge in [0.05, 0.1) is 0 Å². The summed E-state index contributed by atoms with van der Waals surface area (Å²) in [5, 5.41) is 0. The van der Waals surface area contributed by atoms with Crippen molar-refractivity contribution < 1.29 is 0 Å². The van der Waals surface area contributed by atoms with Crippen LogP contribution in [-0.4, -0.2) is 6.69 Å². The third-order valence-electron chi connectivity index (χ3n) is 2.42. The fraction of sp³-hybridized carbons (Fsp3) is 0.750. The highest BCUT2D eigenvalue weighted by Gasteiger charge is 2.35. The highest BCUT2D eigenvalue weighted by Crippen LogP contribution is 2.41. The quantitative estimate of drug-likeness (QED) is 0.477. The zero-order chi connectivity index (χ0) is 8.32. The minimum atomic E-state index is -2.07. The lowest BCUT2D eigenvalue weighted by Gasteiger charge is -2.28. The number of rotatable bonds is 2. The number of hydrogen-bond donors (Lipinski definition) is 0. The van der Waals surface area contributed by atoms with Crippen molar-refractivity contribution >= 4 is 28.9 Å². The predicted octanol–water partition coefficient (Wildman–Crippen LogP) is 3.97. The summed E-state index contributed by atoms with van der Waals surface area (Å²) in [6.07, 6.45) is 6.38. The molecule has 1 rings (SSSR count). The second-order valence-electron chi connectivity index (χ2n) is 3.21. The Morgan fingerprint density at radius 2 is 1.73 bits per heavy atom. The largest absolute Gasteiger partial charge is 0.276 e. The third-order valence-corrected chi connectivity index (χ3v) is 7.41. The summed E-state index contributed by atoms with van der Waals surface area (Å²) < 4.78 is 0. The molecular formula is C8H14Cl2Si. The Kier molecular flexibility index (Phi) is 3.47. The summed E-state index contributed by atoms with van der Waals surface area (Å²) in [6.45, 7) is 1.64. The van der Waals surface area contributed by atoms with Gasteiger partial charge in [0.25, 0.3) is 6.69 Å². The van der Waals surface area contributed by atoms with E-state index < -0.39 is 6.69 Å². The van der Waals surface area contributed by atoms with Crippen LogP contribution in [0.2, 0.25) is 5.54 Å². The maximum atomic E-state index is 6.19. The maximum absolute atomic E-state index is 6.19. The Hall–Kier alpha value is 0.537. The highest BCUT2D eigenvalue weighted by atomic mass is 35.7. The summed E-state index contributed by atoms with van der Waals surface area (Å²) in [4.78, 5) is 0. The summed E-state index contributed by atoms with van der Waals surface area (Å²) in [5.74, 6) is 0. The predicted molar refractivity (Wildman–Crippen MR) is 54.5 cm³/mol. The van der Waals surface area contributed by atoms with Crippen molar-refractivity contribution in [1.82, 2.24) is 0 Å². The van der Waals surface area contributed by atoms with Gasteiger partial charge in [-0.25, -0.2) is 0 Å². The monoisotopic (exact) mass is 208 g/mol. The Bertz CT molecular complexity index is 139. The first-order chi connectivity index (χ1) is 5.17. The van der Waals surface area contributed by atoms with Crippen molar-refractivity contribution in [1.29, 1.82) is 0 Å². The Balaban J connectivity index is 2.50. The van der Waals surface area contributed by atoms with E-state index in [-0.39, 0.29) is 0 Å². The first-order valence-corrected chi connectivity index (χ1v) is 8.36. The van der Waals surface area contributed by atoms with Gasteiger partial charge >= 0.3 is 0 Å². The molecule has 0 radical (unpaired) electrons. The van der Waals surface area contributed by atoms with E-state index in [2.05, 4.69) is 6.58 Å². The molecule has 0 aliphatic heterocycles. The maximum Gasteiger partial charge on any atom is 0.276 e. The van der Waals surface area contributed by atoms with E-state index in [9.17, 15) is 0 Å². The van der Waals surface area contributed by atoms with Crippen LogP contribution in [0.4, 0.5) is 0 Å². The van der Waals surface area contributed by atoms with Gasteiger partial charge < -0.3 is 0 Å². The van der Waals surface area contributed by atoms with Crippen LogP contribution in [0.1, 0.15) is 32.1 Å². The molecule has 0 atom stereocenters. The van der Waals surface area contributed by atoms with Crippen molar-refractivity contribution in [3.05, 3.63) is 12.3 Å². The van der Waals surface area contributed by atoms with Gasteiger partial charge in [-0.3, -0.25) is 0 Å². The minimum Gasteiger partial charge on any atom is -0.140 e. The van der Waals surface area contributed by atoms with Crippen LogP contribution in [0.3, 0.4) is 0 Å². The van der Waals surface area contributed by atoms with E-state index in [1.54, 1.807) is 5.70 Å². The molecule has 0 bridgehead atoms. The minimum absolute atomic E-state index is 0.567.